The maximum atomic E-state index is 12.1. The standard InChI is InChI=1S/C29H50ClNO/c1-3-4-5-6-7-8-9-10-11-12-13-14-15-16-17-18-19-20-21-25-29(32)31-28-24-22-23-27(30)26(28)2/h22-24H,3-21,25H2,1-2H3,(H,31,32). The van der Waals surface area contributed by atoms with E-state index in [9.17, 15) is 4.79 Å². The molecule has 0 heterocycles. The number of rotatable bonds is 21. The second kappa shape index (κ2) is 20.6. The first-order chi connectivity index (χ1) is 15.6. The first kappa shape index (κ1) is 29.0. The van der Waals surface area contributed by atoms with Crippen LogP contribution in [0.25, 0.3) is 0 Å². The normalized spacial score (nSPS) is 11.1. The molecule has 0 aromatic heterocycles. The predicted molar refractivity (Wildman–Crippen MR) is 143 cm³/mol. The van der Waals surface area contributed by atoms with E-state index in [0.29, 0.717) is 11.4 Å². The number of unbranched alkanes of at least 4 members (excludes halogenated alkanes) is 18. The molecule has 1 N–H and O–H groups in total. The van der Waals surface area contributed by atoms with Gasteiger partial charge in [-0.3, -0.25) is 4.79 Å². The molecule has 0 atom stereocenters. The van der Waals surface area contributed by atoms with Gasteiger partial charge in [0.2, 0.25) is 5.91 Å². The van der Waals surface area contributed by atoms with Crippen molar-refractivity contribution in [2.24, 2.45) is 0 Å². The molecule has 2 nitrogen and oxygen atoms in total. The molecule has 0 unspecified atom stereocenters. The van der Waals surface area contributed by atoms with Gasteiger partial charge in [-0.25, -0.2) is 0 Å². The van der Waals surface area contributed by atoms with Crippen LogP contribution < -0.4 is 5.32 Å². The lowest BCUT2D eigenvalue weighted by atomic mass is 10.0. The lowest BCUT2D eigenvalue weighted by Gasteiger charge is -2.09. The van der Waals surface area contributed by atoms with Gasteiger partial charge in [0.25, 0.3) is 0 Å². The third-order valence-corrected chi connectivity index (χ3v) is 6.96. The highest BCUT2D eigenvalue weighted by Crippen LogP contribution is 2.23. The molecule has 0 spiro atoms. The summed E-state index contributed by atoms with van der Waals surface area (Å²) >= 11 is 6.11. The zero-order valence-corrected chi connectivity index (χ0v) is 21.9. The SMILES string of the molecule is CCCCCCCCCCCCCCCCCCCCCC(=O)Nc1cccc(Cl)c1C. The number of benzene rings is 1. The minimum absolute atomic E-state index is 0.0994. The lowest BCUT2D eigenvalue weighted by molar-refractivity contribution is -0.116. The van der Waals surface area contributed by atoms with Crippen LogP contribution in [-0.4, -0.2) is 5.91 Å². The van der Waals surface area contributed by atoms with E-state index in [-0.39, 0.29) is 5.91 Å². The van der Waals surface area contributed by atoms with Crippen molar-refractivity contribution in [2.75, 3.05) is 5.32 Å². The summed E-state index contributed by atoms with van der Waals surface area (Å²) in [6.45, 7) is 4.23. The molecule has 1 aromatic rings. The zero-order valence-electron chi connectivity index (χ0n) is 21.2. The molecule has 0 aliphatic heterocycles. The van der Waals surface area contributed by atoms with Gasteiger partial charge in [-0.1, -0.05) is 140 Å². The van der Waals surface area contributed by atoms with Gasteiger partial charge in [-0.15, -0.1) is 0 Å². The Balaban J connectivity index is 1.80. The zero-order chi connectivity index (χ0) is 23.3. The molecule has 1 amide bonds. The molecule has 0 fully saturated rings. The summed E-state index contributed by atoms with van der Waals surface area (Å²) in [5.41, 5.74) is 1.77. The van der Waals surface area contributed by atoms with E-state index >= 15 is 0 Å². The summed E-state index contributed by atoms with van der Waals surface area (Å²) in [7, 11) is 0. The number of hydrogen-bond acceptors (Lipinski definition) is 1. The van der Waals surface area contributed by atoms with Crippen molar-refractivity contribution >= 4 is 23.2 Å². The Kier molecular flexibility index (Phi) is 18.7. The van der Waals surface area contributed by atoms with E-state index in [4.69, 9.17) is 11.6 Å². The minimum atomic E-state index is 0.0994. The van der Waals surface area contributed by atoms with Crippen molar-refractivity contribution in [1.29, 1.82) is 0 Å². The molecule has 3 heteroatoms. The van der Waals surface area contributed by atoms with E-state index in [2.05, 4.69) is 12.2 Å². The Morgan fingerprint density at radius 2 is 1.09 bits per heavy atom. The van der Waals surface area contributed by atoms with E-state index in [1.165, 1.54) is 109 Å². The Labute approximate surface area is 204 Å². The summed E-state index contributed by atoms with van der Waals surface area (Å²) in [5, 5.41) is 3.69. The predicted octanol–water partition coefficient (Wildman–Crippen LogP) is 10.4. The quantitative estimate of drug-likeness (QED) is 0.180. The third kappa shape index (κ3) is 15.7. The molecular formula is C29H50ClNO. The van der Waals surface area contributed by atoms with Crippen LogP contribution in [0.3, 0.4) is 0 Å². The number of amides is 1. The Hall–Kier alpha value is -1.02. The average molecular weight is 464 g/mol. The smallest absolute Gasteiger partial charge is 0.224 e. The molecule has 0 radical (unpaired) electrons. The van der Waals surface area contributed by atoms with Crippen molar-refractivity contribution < 1.29 is 4.79 Å². The van der Waals surface area contributed by atoms with Gasteiger partial charge in [0.15, 0.2) is 0 Å². The molecule has 184 valence electrons. The summed E-state index contributed by atoms with van der Waals surface area (Å²) < 4.78 is 0. The second-order valence-electron chi connectivity index (χ2n) is 9.57. The fraction of sp³-hybridized carbons (Fsp3) is 0.759. The Morgan fingerprint density at radius 1 is 0.688 bits per heavy atom. The summed E-state index contributed by atoms with van der Waals surface area (Å²) in [6.07, 6.45) is 26.6. The maximum Gasteiger partial charge on any atom is 0.224 e. The second-order valence-corrected chi connectivity index (χ2v) is 9.98. The molecule has 0 aliphatic carbocycles. The maximum absolute atomic E-state index is 12.1. The molecule has 1 rings (SSSR count). The Morgan fingerprint density at radius 3 is 1.53 bits per heavy atom. The van der Waals surface area contributed by atoms with Crippen LogP contribution in [0.1, 0.15) is 141 Å². The molecule has 0 bridgehead atoms. The molecule has 0 saturated carbocycles. The van der Waals surface area contributed by atoms with Crippen LogP contribution in [0.15, 0.2) is 18.2 Å². The minimum Gasteiger partial charge on any atom is -0.326 e. The van der Waals surface area contributed by atoms with E-state index in [0.717, 1.165) is 24.1 Å². The van der Waals surface area contributed by atoms with E-state index < -0.39 is 0 Å². The fourth-order valence-electron chi connectivity index (χ4n) is 4.32. The van der Waals surface area contributed by atoms with Crippen molar-refractivity contribution in [2.45, 2.75) is 142 Å². The van der Waals surface area contributed by atoms with Crippen LogP contribution in [0, 0.1) is 6.92 Å². The number of carbonyl (C=O) groups is 1. The summed E-state index contributed by atoms with van der Waals surface area (Å²) in [4.78, 5) is 12.1. The van der Waals surface area contributed by atoms with Crippen LogP contribution in [-0.2, 0) is 4.79 Å². The summed E-state index contributed by atoms with van der Waals surface area (Å²) in [5.74, 6) is 0.0994. The molecule has 32 heavy (non-hydrogen) atoms. The number of nitrogens with one attached hydrogen (secondary N) is 1. The van der Waals surface area contributed by atoms with Crippen LogP contribution in [0.4, 0.5) is 5.69 Å². The van der Waals surface area contributed by atoms with Crippen LogP contribution in [0.2, 0.25) is 5.02 Å². The van der Waals surface area contributed by atoms with Gasteiger partial charge in [0.1, 0.15) is 0 Å². The molecular weight excluding hydrogens is 414 g/mol. The highest BCUT2D eigenvalue weighted by molar-refractivity contribution is 6.31. The largest absolute Gasteiger partial charge is 0.326 e. The van der Waals surface area contributed by atoms with Crippen molar-refractivity contribution in [1.82, 2.24) is 0 Å². The molecule has 0 saturated heterocycles. The average Bonchev–Trinajstić information content (AvgIpc) is 2.78. The summed E-state index contributed by atoms with van der Waals surface area (Å²) in [6, 6.07) is 5.64. The van der Waals surface area contributed by atoms with Gasteiger partial charge in [-0.2, -0.15) is 0 Å². The molecule has 1 aromatic carbocycles. The number of hydrogen-bond donors (Lipinski definition) is 1. The number of carbonyl (C=O) groups excluding carboxylic acids is 1. The van der Waals surface area contributed by atoms with Gasteiger partial charge in [-0.05, 0) is 31.0 Å². The number of halogens is 1. The van der Waals surface area contributed by atoms with Gasteiger partial charge in [0.05, 0.1) is 0 Å². The van der Waals surface area contributed by atoms with Gasteiger partial charge in [0, 0.05) is 17.1 Å². The highest BCUT2D eigenvalue weighted by Gasteiger charge is 2.06. The van der Waals surface area contributed by atoms with Crippen molar-refractivity contribution in [3.63, 3.8) is 0 Å². The highest BCUT2D eigenvalue weighted by atomic mass is 35.5. The van der Waals surface area contributed by atoms with Gasteiger partial charge < -0.3 is 5.32 Å². The third-order valence-electron chi connectivity index (χ3n) is 6.55. The van der Waals surface area contributed by atoms with Crippen LogP contribution in [0.5, 0.6) is 0 Å². The topological polar surface area (TPSA) is 29.1 Å². The van der Waals surface area contributed by atoms with Gasteiger partial charge >= 0.3 is 0 Å². The fourth-order valence-corrected chi connectivity index (χ4v) is 4.49. The van der Waals surface area contributed by atoms with E-state index in [1.807, 2.05) is 25.1 Å². The first-order valence-electron chi connectivity index (χ1n) is 13.7. The molecule has 0 aliphatic rings. The Bertz CT molecular complexity index is 587. The van der Waals surface area contributed by atoms with Crippen molar-refractivity contribution in [3.05, 3.63) is 28.8 Å². The monoisotopic (exact) mass is 463 g/mol. The lowest BCUT2D eigenvalue weighted by Crippen LogP contribution is -2.12. The van der Waals surface area contributed by atoms with E-state index in [1.54, 1.807) is 0 Å². The number of anilines is 1. The van der Waals surface area contributed by atoms with Crippen LogP contribution >= 0.6 is 11.6 Å². The first-order valence-corrected chi connectivity index (χ1v) is 14.1. The van der Waals surface area contributed by atoms with Crippen molar-refractivity contribution in [3.8, 4) is 0 Å².